The van der Waals surface area contributed by atoms with Gasteiger partial charge in [0.25, 0.3) is 0 Å². The molecule has 0 aliphatic heterocycles. The summed E-state index contributed by atoms with van der Waals surface area (Å²) in [6.07, 6.45) is 10.2. The summed E-state index contributed by atoms with van der Waals surface area (Å²) in [4.78, 5) is 25.5. The Balaban J connectivity index is 1.75. The van der Waals surface area contributed by atoms with Gasteiger partial charge in [-0.05, 0) is 42.9 Å². The Kier molecular flexibility index (Phi) is 4.49. The van der Waals surface area contributed by atoms with Gasteiger partial charge in [-0.3, -0.25) is 9.36 Å². The third-order valence-corrected chi connectivity index (χ3v) is 5.40. The lowest BCUT2D eigenvalue weighted by Gasteiger charge is -2.20. The molecule has 6 nitrogen and oxygen atoms in total. The van der Waals surface area contributed by atoms with Crippen molar-refractivity contribution >= 4 is 5.65 Å². The standard InChI is InChI=1S/C20H24N4O2/c1-2-15-9-6-10-17(13-15)22-11-12-23-18(19(22)25)21-24(20(23)26)14-16-7-4-3-5-8-16/h6,9-13,16H,2-5,7-8,14H2,1H3. The van der Waals surface area contributed by atoms with E-state index in [0.29, 0.717) is 12.5 Å². The summed E-state index contributed by atoms with van der Waals surface area (Å²) in [5, 5.41) is 4.37. The predicted molar refractivity (Wildman–Crippen MR) is 101 cm³/mol. The van der Waals surface area contributed by atoms with Crippen molar-refractivity contribution in [1.82, 2.24) is 18.7 Å². The molecule has 6 heteroatoms. The first-order valence-electron chi connectivity index (χ1n) is 9.47. The van der Waals surface area contributed by atoms with E-state index in [9.17, 15) is 9.59 Å². The van der Waals surface area contributed by atoms with Crippen molar-refractivity contribution in [2.75, 3.05) is 0 Å². The van der Waals surface area contributed by atoms with E-state index in [1.165, 1.54) is 28.3 Å². The van der Waals surface area contributed by atoms with Crippen molar-refractivity contribution in [3.63, 3.8) is 0 Å². The predicted octanol–water partition coefficient (Wildman–Crippen LogP) is 2.79. The van der Waals surface area contributed by atoms with Crippen molar-refractivity contribution < 1.29 is 0 Å². The highest BCUT2D eigenvalue weighted by Gasteiger charge is 2.18. The van der Waals surface area contributed by atoms with Gasteiger partial charge in [-0.15, -0.1) is 5.10 Å². The maximum absolute atomic E-state index is 12.9. The molecule has 1 aromatic carbocycles. The molecule has 4 rings (SSSR count). The Bertz CT molecular complexity index is 1040. The van der Waals surface area contributed by atoms with Gasteiger partial charge in [0, 0.05) is 24.6 Å². The minimum absolute atomic E-state index is 0.190. The zero-order chi connectivity index (χ0) is 18.1. The Morgan fingerprint density at radius 1 is 1.12 bits per heavy atom. The minimum Gasteiger partial charge on any atom is -0.280 e. The van der Waals surface area contributed by atoms with E-state index in [2.05, 4.69) is 12.0 Å². The SMILES string of the molecule is CCc1cccc(-n2ccn3c(=O)n(CC4CCCCC4)nc3c2=O)c1. The second-order valence-electron chi connectivity index (χ2n) is 7.16. The summed E-state index contributed by atoms with van der Waals surface area (Å²) >= 11 is 0. The van der Waals surface area contributed by atoms with Crippen LogP contribution in [0.15, 0.2) is 46.2 Å². The molecule has 1 aliphatic rings. The molecular weight excluding hydrogens is 328 g/mol. The number of hydrogen-bond acceptors (Lipinski definition) is 3. The number of benzene rings is 1. The molecule has 0 radical (unpaired) electrons. The number of nitrogens with zero attached hydrogens (tertiary/aromatic N) is 4. The first-order chi connectivity index (χ1) is 12.7. The highest BCUT2D eigenvalue weighted by molar-refractivity contribution is 5.41. The van der Waals surface area contributed by atoms with Crippen molar-refractivity contribution in [3.8, 4) is 5.69 Å². The Labute approximate surface area is 151 Å². The van der Waals surface area contributed by atoms with E-state index in [4.69, 9.17) is 0 Å². The van der Waals surface area contributed by atoms with E-state index >= 15 is 0 Å². The Morgan fingerprint density at radius 2 is 1.92 bits per heavy atom. The molecule has 0 unspecified atom stereocenters. The van der Waals surface area contributed by atoms with Crippen LogP contribution in [0.3, 0.4) is 0 Å². The van der Waals surface area contributed by atoms with Crippen LogP contribution in [-0.2, 0) is 13.0 Å². The maximum Gasteiger partial charge on any atom is 0.350 e. The second-order valence-corrected chi connectivity index (χ2v) is 7.16. The van der Waals surface area contributed by atoms with Gasteiger partial charge in [-0.1, -0.05) is 38.3 Å². The Morgan fingerprint density at radius 3 is 2.69 bits per heavy atom. The van der Waals surface area contributed by atoms with Gasteiger partial charge in [0.15, 0.2) is 0 Å². The molecular formula is C20H24N4O2. The number of rotatable bonds is 4. The second kappa shape index (κ2) is 6.94. The molecule has 0 amide bonds. The summed E-state index contributed by atoms with van der Waals surface area (Å²) in [7, 11) is 0. The molecule has 1 saturated carbocycles. The third kappa shape index (κ3) is 3.00. The largest absolute Gasteiger partial charge is 0.350 e. The first-order valence-corrected chi connectivity index (χ1v) is 9.47. The topological polar surface area (TPSA) is 61.3 Å². The molecule has 1 fully saturated rings. The molecule has 3 aromatic rings. The normalized spacial score (nSPS) is 15.6. The molecule has 136 valence electrons. The smallest absolute Gasteiger partial charge is 0.280 e. The van der Waals surface area contributed by atoms with Crippen LogP contribution in [0.5, 0.6) is 0 Å². The average molecular weight is 352 g/mol. The van der Waals surface area contributed by atoms with Crippen LogP contribution in [-0.4, -0.2) is 18.7 Å². The summed E-state index contributed by atoms with van der Waals surface area (Å²) in [5.41, 5.74) is 1.66. The minimum atomic E-state index is -0.264. The van der Waals surface area contributed by atoms with Crippen molar-refractivity contribution in [1.29, 1.82) is 0 Å². The number of aryl methyl sites for hydroxylation is 1. The van der Waals surface area contributed by atoms with E-state index in [1.54, 1.807) is 17.0 Å². The molecule has 0 bridgehead atoms. The molecule has 0 spiro atoms. The van der Waals surface area contributed by atoms with Crippen LogP contribution in [0.4, 0.5) is 0 Å². The van der Waals surface area contributed by atoms with Gasteiger partial charge < -0.3 is 0 Å². The van der Waals surface area contributed by atoms with Crippen molar-refractivity contribution in [2.45, 2.75) is 52.0 Å². The number of fused-ring (bicyclic) bond motifs is 1. The maximum atomic E-state index is 12.9. The van der Waals surface area contributed by atoms with Gasteiger partial charge >= 0.3 is 11.2 Å². The van der Waals surface area contributed by atoms with Gasteiger partial charge in [-0.2, -0.15) is 0 Å². The zero-order valence-electron chi connectivity index (χ0n) is 15.1. The van der Waals surface area contributed by atoms with Crippen LogP contribution < -0.4 is 11.2 Å². The van der Waals surface area contributed by atoms with Crippen molar-refractivity contribution in [2.24, 2.45) is 5.92 Å². The molecule has 0 saturated heterocycles. The van der Waals surface area contributed by atoms with Gasteiger partial charge in [-0.25, -0.2) is 13.9 Å². The number of aromatic nitrogens is 4. The molecule has 2 heterocycles. The lowest BCUT2D eigenvalue weighted by molar-refractivity contribution is 0.304. The van der Waals surface area contributed by atoms with Crippen LogP contribution in [0.2, 0.25) is 0 Å². The van der Waals surface area contributed by atoms with Crippen LogP contribution >= 0.6 is 0 Å². The fraction of sp³-hybridized carbons (Fsp3) is 0.450. The summed E-state index contributed by atoms with van der Waals surface area (Å²) in [6, 6.07) is 7.87. The molecule has 26 heavy (non-hydrogen) atoms. The monoisotopic (exact) mass is 352 g/mol. The van der Waals surface area contributed by atoms with Crippen LogP contribution in [0.1, 0.15) is 44.6 Å². The zero-order valence-corrected chi connectivity index (χ0v) is 15.1. The molecule has 2 aromatic heterocycles. The number of hydrogen-bond donors (Lipinski definition) is 0. The molecule has 0 atom stereocenters. The first kappa shape index (κ1) is 16.8. The van der Waals surface area contributed by atoms with E-state index < -0.39 is 0 Å². The quantitative estimate of drug-likeness (QED) is 0.725. The van der Waals surface area contributed by atoms with E-state index in [0.717, 1.165) is 30.5 Å². The highest BCUT2D eigenvalue weighted by atomic mass is 16.2. The lowest BCUT2D eigenvalue weighted by atomic mass is 9.89. The van der Waals surface area contributed by atoms with Gasteiger partial charge in [0.05, 0.1) is 0 Å². The van der Waals surface area contributed by atoms with Crippen molar-refractivity contribution in [3.05, 3.63) is 63.1 Å². The third-order valence-electron chi connectivity index (χ3n) is 5.40. The van der Waals surface area contributed by atoms with Gasteiger partial charge in [0.1, 0.15) is 0 Å². The lowest BCUT2D eigenvalue weighted by Crippen LogP contribution is -2.26. The van der Waals surface area contributed by atoms with Crippen LogP contribution in [0, 0.1) is 5.92 Å². The molecule has 0 N–H and O–H groups in total. The van der Waals surface area contributed by atoms with Gasteiger partial charge in [0.2, 0.25) is 5.65 Å². The Hall–Kier alpha value is -2.63. The molecule has 1 aliphatic carbocycles. The highest BCUT2D eigenvalue weighted by Crippen LogP contribution is 2.24. The van der Waals surface area contributed by atoms with E-state index in [-0.39, 0.29) is 16.9 Å². The fourth-order valence-electron chi connectivity index (χ4n) is 3.87. The summed E-state index contributed by atoms with van der Waals surface area (Å²) in [6.45, 7) is 2.68. The average Bonchev–Trinajstić information content (AvgIpc) is 3.00. The summed E-state index contributed by atoms with van der Waals surface area (Å²) < 4.78 is 4.40. The van der Waals surface area contributed by atoms with Crippen LogP contribution in [0.25, 0.3) is 11.3 Å². The summed E-state index contributed by atoms with van der Waals surface area (Å²) in [5.74, 6) is 0.481. The van der Waals surface area contributed by atoms with E-state index in [1.807, 2.05) is 24.3 Å². The fourth-order valence-corrected chi connectivity index (χ4v) is 3.87.